The Balaban J connectivity index is 1.04. The zero-order valence-electron chi connectivity index (χ0n) is 33.8. The van der Waals surface area contributed by atoms with E-state index < -0.39 is 53.0 Å². The molecular weight excluding hydrogens is 770 g/mol. The molecule has 4 saturated carbocycles. The number of carbonyl (C=O) groups is 4. The summed E-state index contributed by atoms with van der Waals surface area (Å²) in [7, 11) is 0. The van der Waals surface area contributed by atoms with Crippen molar-refractivity contribution in [3.63, 3.8) is 0 Å². The summed E-state index contributed by atoms with van der Waals surface area (Å²) in [5, 5.41) is 16.7. The number of likely N-dealkylation sites (tertiary alicyclic amines) is 1. The summed E-state index contributed by atoms with van der Waals surface area (Å²) in [5.41, 5.74) is -1.74. The van der Waals surface area contributed by atoms with Gasteiger partial charge in [-0.3, -0.25) is 14.5 Å². The number of carbonyl (C=O) groups excluding carboxylic acids is 3. The van der Waals surface area contributed by atoms with Crippen LogP contribution in [0.3, 0.4) is 0 Å². The van der Waals surface area contributed by atoms with Crippen molar-refractivity contribution in [2.24, 2.45) is 23.2 Å². The van der Waals surface area contributed by atoms with E-state index >= 15 is 0 Å². The molecule has 4 aliphatic carbocycles. The van der Waals surface area contributed by atoms with Gasteiger partial charge < -0.3 is 44.3 Å². The highest BCUT2D eigenvalue weighted by molar-refractivity contribution is 6.36. The number of amides is 3. The molecule has 0 spiro atoms. The SMILES string of the molecule is CC[C@@H]1C[C@]1(NC(=O)[C@@H]1C[C@@H](Oc2cc(OC3CC3)nc3c(Cl)c(OCCN4CCOCC4)ccc23)CN1C(=O)[C@@H](NC(=O)OC1C[C@@H]2C[C@@H]2C1)C(C)(C)C)C(=O)O. The molecule has 15 nitrogen and oxygen atoms in total. The fraction of sp³-hybridized carbons (Fsp3) is 0.690. The van der Waals surface area contributed by atoms with Crippen molar-refractivity contribution >= 4 is 46.4 Å². The van der Waals surface area contributed by atoms with Gasteiger partial charge in [-0.1, -0.05) is 45.7 Å². The standard InChI is InChI=1S/C42H56ClN5O10/c1-5-25-21-42(25,39(51)52)46-37(49)30-19-28(22-48(30)38(50)36(41(2,3)4)45-40(53)58-27-17-23-16-24(23)18-27)56-32-20-33(57-26-6-7-26)44-35-29(32)8-9-31(34(35)43)55-15-12-47-10-13-54-14-11-47/h8-9,20,23-28,30,36H,5-7,10-19,21-22H2,1-4H3,(H,45,53)(H,46,49)(H,51,52)/t23-,24+,25-,27?,28-,30+,36-,42-/m1/s1. The maximum atomic E-state index is 14.7. The number of aromatic nitrogens is 1. The van der Waals surface area contributed by atoms with E-state index in [1.165, 1.54) is 11.3 Å². The number of halogens is 1. The number of aliphatic carboxylic acids is 1. The van der Waals surface area contributed by atoms with Gasteiger partial charge in [0, 0.05) is 37.5 Å². The van der Waals surface area contributed by atoms with Gasteiger partial charge in [0.25, 0.3) is 0 Å². The molecule has 2 saturated heterocycles. The van der Waals surface area contributed by atoms with Gasteiger partial charge in [-0.15, -0.1) is 0 Å². The molecule has 58 heavy (non-hydrogen) atoms. The van der Waals surface area contributed by atoms with Crippen LogP contribution in [0.2, 0.25) is 5.02 Å². The van der Waals surface area contributed by atoms with Crippen LogP contribution in [0, 0.1) is 23.2 Å². The van der Waals surface area contributed by atoms with Gasteiger partial charge in [0.15, 0.2) is 0 Å². The normalized spacial score (nSPS) is 29.6. The van der Waals surface area contributed by atoms with Crippen LogP contribution in [0.25, 0.3) is 10.9 Å². The summed E-state index contributed by atoms with van der Waals surface area (Å²) >= 11 is 6.97. The fourth-order valence-electron chi connectivity index (χ4n) is 8.94. The Bertz CT molecular complexity index is 1910. The number of fused-ring (bicyclic) bond motifs is 2. The van der Waals surface area contributed by atoms with Crippen molar-refractivity contribution in [2.45, 2.75) is 115 Å². The molecule has 16 heteroatoms. The van der Waals surface area contributed by atoms with Crippen LogP contribution in [-0.2, 0) is 23.9 Å². The Morgan fingerprint density at radius 1 is 1.02 bits per heavy atom. The van der Waals surface area contributed by atoms with Gasteiger partial charge in [0.1, 0.15) is 64.6 Å². The summed E-state index contributed by atoms with van der Waals surface area (Å²) in [6.45, 7) is 11.6. The molecule has 2 aromatic rings. The van der Waals surface area contributed by atoms with Crippen molar-refractivity contribution in [3.8, 4) is 17.4 Å². The molecule has 3 heterocycles. The van der Waals surface area contributed by atoms with E-state index in [2.05, 4.69) is 15.5 Å². The second-order valence-corrected chi connectivity index (χ2v) is 18.5. The third-order valence-electron chi connectivity index (χ3n) is 12.7. The molecule has 316 valence electrons. The van der Waals surface area contributed by atoms with E-state index in [1.54, 1.807) is 12.1 Å². The number of nitrogens with zero attached hydrogens (tertiary/aromatic N) is 3. The first kappa shape index (κ1) is 40.7. The van der Waals surface area contributed by atoms with Crippen molar-refractivity contribution in [1.29, 1.82) is 0 Å². The predicted molar refractivity (Wildman–Crippen MR) is 212 cm³/mol. The fourth-order valence-corrected chi connectivity index (χ4v) is 9.21. The molecule has 8 rings (SSSR count). The number of hydrogen-bond donors (Lipinski definition) is 3. The maximum absolute atomic E-state index is 14.7. The van der Waals surface area contributed by atoms with Crippen LogP contribution < -0.4 is 24.8 Å². The molecule has 3 N–H and O–H groups in total. The Kier molecular flexibility index (Phi) is 11.3. The van der Waals surface area contributed by atoms with E-state index in [9.17, 15) is 24.3 Å². The van der Waals surface area contributed by atoms with Crippen LogP contribution in [0.15, 0.2) is 18.2 Å². The Hall–Kier alpha value is -4.08. The zero-order valence-corrected chi connectivity index (χ0v) is 34.6. The zero-order chi connectivity index (χ0) is 40.9. The lowest BCUT2D eigenvalue weighted by atomic mass is 9.85. The number of pyridine rings is 1. The largest absolute Gasteiger partial charge is 0.491 e. The van der Waals surface area contributed by atoms with Crippen molar-refractivity contribution < 1.29 is 48.0 Å². The lowest BCUT2D eigenvalue weighted by molar-refractivity contribution is -0.146. The monoisotopic (exact) mass is 825 g/mol. The second kappa shape index (κ2) is 16.2. The molecule has 3 amide bonds. The Morgan fingerprint density at radius 2 is 1.76 bits per heavy atom. The number of carboxylic acids is 1. The first-order valence-electron chi connectivity index (χ1n) is 20.9. The average Bonchev–Trinajstić information content (AvgIpc) is 4.15. The summed E-state index contributed by atoms with van der Waals surface area (Å²) in [5.74, 6) is 0.0168. The number of ether oxygens (including phenoxy) is 5. The topological polar surface area (TPSA) is 178 Å². The number of morpholine rings is 1. The number of benzene rings is 1. The van der Waals surface area contributed by atoms with E-state index in [0.29, 0.717) is 77.8 Å². The molecule has 0 radical (unpaired) electrons. The lowest BCUT2D eigenvalue weighted by Gasteiger charge is -2.35. The van der Waals surface area contributed by atoms with E-state index in [4.69, 9.17) is 40.3 Å². The molecular formula is C42H56ClN5O10. The number of rotatable bonds is 15. The number of hydrogen-bond acceptors (Lipinski definition) is 11. The quantitative estimate of drug-likeness (QED) is 0.224. The van der Waals surface area contributed by atoms with Crippen molar-refractivity contribution in [1.82, 2.24) is 25.4 Å². The van der Waals surface area contributed by atoms with Crippen LogP contribution >= 0.6 is 11.6 Å². The van der Waals surface area contributed by atoms with Crippen LogP contribution in [0.5, 0.6) is 17.4 Å². The van der Waals surface area contributed by atoms with Gasteiger partial charge in [-0.2, -0.15) is 0 Å². The highest BCUT2D eigenvalue weighted by atomic mass is 35.5. The van der Waals surface area contributed by atoms with Crippen LogP contribution in [0.4, 0.5) is 4.79 Å². The van der Waals surface area contributed by atoms with Crippen LogP contribution in [-0.4, -0.2) is 126 Å². The smallest absolute Gasteiger partial charge is 0.408 e. The van der Waals surface area contributed by atoms with Gasteiger partial charge in [0.2, 0.25) is 17.7 Å². The number of carboxylic acid groups (broad SMARTS) is 1. The summed E-state index contributed by atoms with van der Waals surface area (Å²) in [4.78, 5) is 63.0. The van der Waals surface area contributed by atoms with E-state index in [-0.39, 0.29) is 31.1 Å². The molecule has 8 atom stereocenters. The lowest BCUT2D eigenvalue weighted by Crippen LogP contribution is -2.59. The first-order valence-corrected chi connectivity index (χ1v) is 21.3. The first-order chi connectivity index (χ1) is 27.7. The maximum Gasteiger partial charge on any atom is 0.408 e. The minimum absolute atomic E-state index is 0.0113. The highest BCUT2D eigenvalue weighted by Gasteiger charge is 2.61. The molecule has 2 aliphatic heterocycles. The number of alkyl carbamates (subject to hydrolysis) is 1. The molecule has 0 bridgehead atoms. The molecule has 6 fully saturated rings. The summed E-state index contributed by atoms with van der Waals surface area (Å²) in [6.07, 6.45) is 4.05. The van der Waals surface area contributed by atoms with E-state index in [0.717, 1.165) is 45.3 Å². The summed E-state index contributed by atoms with van der Waals surface area (Å²) in [6, 6.07) is 3.17. The highest BCUT2D eigenvalue weighted by Crippen LogP contribution is 2.52. The minimum atomic E-state index is -1.40. The predicted octanol–water partition coefficient (Wildman–Crippen LogP) is 4.80. The van der Waals surface area contributed by atoms with Crippen molar-refractivity contribution in [2.75, 3.05) is 46.0 Å². The third kappa shape index (κ3) is 8.77. The van der Waals surface area contributed by atoms with Gasteiger partial charge in [-0.05, 0) is 73.8 Å². The summed E-state index contributed by atoms with van der Waals surface area (Å²) < 4.78 is 30.2. The van der Waals surface area contributed by atoms with Crippen molar-refractivity contribution in [3.05, 3.63) is 23.2 Å². The number of nitrogens with one attached hydrogen (secondary N) is 2. The van der Waals surface area contributed by atoms with Crippen LogP contribution in [0.1, 0.15) is 79.1 Å². The van der Waals surface area contributed by atoms with Gasteiger partial charge in [0.05, 0.1) is 19.8 Å². The molecule has 6 aliphatic rings. The second-order valence-electron chi connectivity index (χ2n) is 18.1. The Morgan fingerprint density at radius 3 is 2.41 bits per heavy atom. The molecule has 1 unspecified atom stereocenters. The van der Waals surface area contributed by atoms with Gasteiger partial charge in [-0.25, -0.2) is 14.6 Å². The minimum Gasteiger partial charge on any atom is -0.491 e. The molecule has 1 aromatic heterocycles. The van der Waals surface area contributed by atoms with Gasteiger partial charge >= 0.3 is 12.1 Å². The average molecular weight is 826 g/mol. The Labute approximate surface area is 343 Å². The van der Waals surface area contributed by atoms with E-state index in [1.807, 2.05) is 33.8 Å². The molecule has 1 aromatic carbocycles. The third-order valence-corrected chi connectivity index (χ3v) is 13.1.